The molecule has 3 rings (SSSR count). The Balaban J connectivity index is 0.000000907. The lowest BCUT2D eigenvalue weighted by atomic mass is 10.0. The first-order valence-corrected chi connectivity index (χ1v) is 24.5. The quantitative estimate of drug-likeness (QED) is 0.0274. The first-order valence-electron chi connectivity index (χ1n) is 19.6. The molecule has 0 saturated carbocycles. The SMILES string of the molecule is C=CCN(CC=C)C(=O)C(Cl)Cl.CC(C)OC(=O)c1cc(-c2nn(C)c(C(F)(F)F)c2Br)c(F)cc1Cl.CCc1cccc(CC)c1N(COC)C(=O)CCl.CP(=O)(O)CCC(N)C(=O)O. The number of nitrogens with zero attached hydrogens (tertiary/aromatic N) is 4. The number of carbonyl (C=O) groups is 4. The molecule has 2 aromatic carbocycles. The fourth-order valence-corrected chi connectivity index (χ4v) is 7.55. The topological polar surface area (TPSA) is 195 Å². The minimum atomic E-state index is -4.69. The zero-order valence-electron chi connectivity index (χ0n) is 37.3. The van der Waals surface area contributed by atoms with Crippen molar-refractivity contribution in [1.82, 2.24) is 14.7 Å². The first kappa shape index (κ1) is 62.5. The van der Waals surface area contributed by atoms with Gasteiger partial charge in [-0.1, -0.05) is 79.0 Å². The summed E-state index contributed by atoms with van der Waals surface area (Å²) in [4.78, 5) is 56.1. The van der Waals surface area contributed by atoms with Gasteiger partial charge in [0, 0.05) is 45.6 Å². The Morgan fingerprint density at radius 1 is 1.08 bits per heavy atom. The van der Waals surface area contributed by atoms with E-state index in [9.17, 15) is 41.3 Å². The molecule has 24 heteroatoms. The summed E-state index contributed by atoms with van der Waals surface area (Å²) in [7, 11) is -0.442. The fraction of sp³-hybridized carbons (Fsp3) is 0.452. The molecule has 2 unspecified atom stereocenters. The zero-order chi connectivity index (χ0) is 51.3. The van der Waals surface area contributed by atoms with Crippen LogP contribution in [-0.2, 0) is 54.5 Å². The van der Waals surface area contributed by atoms with E-state index in [1.807, 2.05) is 18.2 Å². The lowest BCUT2D eigenvalue weighted by Gasteiger charge is -2.26. The smallest absolute Gasteiger partial charge is 0.434 e. The van der Waals surface area contributed by atoms with Gasteiger partial charge in [-0.05, 0) is 72.3 Å². The number of aromatic nitrogens is 2. The standard InChI is InChI=1S/C15H12BrClF4N2O2.C14H20ClNO2.C8H11Cl2NO.C5H12NO4P/c1-6(2)25-14(24)7-4-8(10(18)5-9(7)17)12-11(16)13(15(19,20)21)23(3)22-12;1-4-11-7-6-8-12(5-2)14(11)16(10-18-3)13(17)9-15;1-3-5-11(6-4-2)8(12)7(9)10;1-11(9,10)3-2-4(6)5(7)8/h4-6H,1-3H3;6-8H,4-5,9-10H2,1-3H3;3-4,7H,1-2,5-6H2;4H,2-3,6H2,1H3,(H,7,8)(H,9,10). The summed E-state index contributed by atoms with van der Waals surface area (Å²) in [5.41, 5.74) is 6.47. The number of hydrogen-bond acceptors (Lipinski definition) is 9. The number of rotatable bonds is 18. The number of hydrogen-bond donors (Lipinski definition) is 3. The Kier molecular flexibility index (Phi) is 28.5. The van der Waals surface area contributed by atoms with Crippen LogP contribution < -0.4 is 10.6 Å². The Hall–Kier alpha value is -3.52. The number of carboxylic acid groups (broad SMARTS) is 1. The molecule has 2 atom stereocenters. The van der Waals surface area contributed by atoms with Gasteiger partial charge in [-0.3, -0.25) is 28.5 Å². The molecular formula is C42H55BrCl4F4N5O9P. The van der Waals surface area contributed by atoms with Gasteiger partial charge in [-0.15, -0.1) is 24.8 Å². The highest BCUT2D eigenvalue weighted by molar-refractivity contribution is 9.10. The van der Waals surface area contributed by atoms with Crippen LogP contribution in [0.1, 0.15) is 61.3 Å². The summed E-state index contributed by atoms with van der Waals surface area (Å²) < 4.78 is 74.4. The van der Waals surface area contributed by atoms with Gasteiger partial charge in [0.05, 0.1) is 26.9 Å². The number of anilines is 1. The van der Waals surface area contributed by atoms with E-state index in [0.717, 1.165) is 48.8 Å². The van der Waals surface area contributed by atoms with Crippen LogP contribution in [0, 0.1) is 5.82 Å². The van der Waals surface area contributed by atoms with Crippen molar-refractivity contribution in [3.63, 3.8) is 0 Å². The Labute approximate surface area is 410 Å². The van der Waals surface area contributed by atoms with Crippen molar-refractivity contribution in [2.75, 3.05) is 50.5 Å². The molecule has 0 radical (unpaired) electrons. The average Bonchev–Trinajstić information content (AvgIpc) is 3.54. The molecule has 0 aliphatic rings. The largest absolute Gasteiger partial charge is 0.480 e. The molecule has 1 aromatic heterocycles. The van der Waals surface area contributed by atoms with Crippen LogP contribution in [0.2, 0.25) is 5.02 Å². The van der Waals surface area contributed by atoms with Gasteiger partial charge >= 0.3 is 18.1 Å². The molecule has 0 fully saturated rings. The molecule has 1 heterocycles. The van der Waals surface area contributed by atoms with Crippen molar-refractivity contribution in [2.45, 2.75) is 70.1 Å². The molecule has 3 aromatic rings. The van der Waals surface area contributed by atoms with Gasteiger partial charge in [0.15, 0.2) is 17.9 Å². The maximum atomic E-state index is 14.3. The van der Waals surface area contributed by atoms with Crippen molar-refractivity contribution in [3.05, 3.63) is 93.3 Å². The zero-order valence-corrected chi connectivity index (χ0v) is 42.8. The molecule has 0 spiro atoms. The molecule has 0 aliphatic heterocycles. The number of carbonyl (C=O) groups excluding carboxylic acids is 3. The van der Waals surface area contributed by atoms with Crippen molar-refractivity contribution >= 4 is 99.1 Å². The number of para-hydroxylation sites is 1. The molecule has 0 saturated heterocycles. The molecule has 4 N–H and O–H groups in total. The first-order chi connectivity index (χ1) is 30.6. The van der Waals surface area contributed by atoms with Crippen molar-refractivity contribution < 1.29 is 60.8 Å². The normalized spacial score (nSPS) is 12.2. The van der Waals surface area contributed by atoms with E-state index in [4.69, 9.17) is 71.6 Å². The molecule has 66 heavy (non-hydrogen) atoms. The highest BCUT2D eigenvalue weighted by atomic mass is 79.9. The third kappa shape index (κ3) is 20.8. The van der Waals surface area contributed by atoms with E-state index in [2.05, 4.69) is 48.0 Å². The van der Waals surface area contributed by atoms with Gasteiger partial charge in [-0.2, -0.15) is 18.3 Å². The third-order valence-corrected chi connectivity index (χ3v) is 11.2. The maximum Gasteiger partial charge on any atom is 0.434 e. The van der Waals surface area contributed by atoms with Crippen molar-refractivity contribution in [3.8, 4) is 11.3 Å². The molecule has 2 amide bonds. The van der Waals surface area contributed by atoms with Crippen LogP contribution in [0.5, 0.6) is 0 Å². The molecular weight excluding hydrogens is 1050 g/mol. The monoisotopic (exact) mass is 1100 g/mol. The van der Waals surface area contributed by atoms with Crippen LogP contribution in [-0.4, -0.2) is 111 Å². The van der Waals surface area contributed by atoms with Gasteiger partial charge in [-0.25, -0.2) is 9.18 Å². The Morgan fingerprint density at radius 3 is 1.98 bits per heavy atom. The highest BCUT2D eigenvalue weighted by Gasteiger charge is 2.39. The number of nitrogens with two attached hydrogens (primary N) is 1. The molecule has 0 bridgehead atoms. The molecule has 0 aliphatic carbocycles. The van der Waals surface area contributed by atoms with E-state index in [-0.39, 0.29) is 58.9 Å². The van der Waals surface area contributed by atoms with Crippen molar-refractivity contribution in [1.29, 1.82) is 0 Å². The van der Waals surface area contributed by atoms with E-state index in [1.54, 1.807) is 38.0 Å². The third-order valence-electron chi connectivity index (χ3n) is 8.41. The summed E-state index contributed by atoms with van der Waals surface area (Å²) in [6.07, 6.45) is -0.177. The van der Waals surface area contributed by atoms with E-state index in [1.165, 1.54) is 11.6 Å². The number of aliphatic carboxylic acids is 1. The van der Waals surface area contributed by atoms with E-state index >= 15 is 0 Å². The van der Waals surface area contributed by atoms with Crippen LogP contribution >= 0.6 is 69.7 Å². The predicted molar refractivity (Wildman–Crippen MR) is 255 cm³/mol. The number of benzene rings is 2. The van der Waals surface area contributed by atoms with E-state index < -0.39 is 58.4 Å². The lowest BCUT2D eigenvalue weighted by Crippen LogP contribution is -2.35. The number of carboxylic acids is 1. The summed E-state index contributed by atoms with van der Waals surface area (Å²) in [5.74, 6) is -3.36. The summed E-state index contributed by atoms with van der Waals surface area (Å²) in [5, 5.41) is 11.8. The molecule has 14 nitrogen and oxygen atoms in total. The average molecular weight is 1100 g/mol. The second-order valence-corrected chi connectivity index (χ2v) is 19.1. The number of amides is 2. The number of alkyl halides is 6. The van der Waals surface area contributed by atoms with Crippen LogP contribution in [0.3, 0.4) is 0 Å². The number of aryl methyl sites for hydroxylation is 3. The second kappa shape index (κ2) is 30.1. The van der Waals surface area contributed by atoms with Gasteiger partial charge in [0.2, 0.25) is 5.91 Å². The van der Waals surface area contributed by atoms with Gasteiger partial charge in [0.25, 0.3) is 5.91 Å². The van der Waals surface area contributed by atoms with Crippen LogP contribution in [0.15, 0.2) is 60.1 Å². The molecule has 370 valence electrons. The lowest BCUT2D eigenvalue weighted by molar-refractivity contribution is -0.144. The minimum Gasteiger partial charge on any atom is -0.480 e. The second-order valence-electron chi connectivity index (χ2n) is 14.0. The number of ether oxygens (including phenoxy) is 2. The van der Waals surface area contributed by atoms with E-state index in [0.29, 0.717) is 17.8 Å². The van der Waals surface area contributed by atoms with Crippen LogP contribution in [0.25, 0.3) is 11.3 Å². The fourth-order valence-electron chi connectivity index (χ4n) is 5.37. The summed E-state index contributed by atoms with van der Waals surface area (Å²) in [6.45, 7) is 16.7. The summed E-state index contributed by atoms with van der Waals surface area (Å²) >= 11 is 25.1. The van der Waals surface area contributed by atoms with Crippen LogP contribution in [0.4, 0.5) is 23.2 Å². The van der Waals surface area contributed by atoms with Gasteiger partial charge < -0.3 is 30.1 Å². The minimum absolute atomic E-state index is 0.0371. The highest BCUT2D eigenvalue weighted by Crippen LogP contribution is 2.41. The van der Waals surface area contributed by atoms with Crippen molar-refractivity contribution in [2.24, 2.45) is 12.8 Å². The number of esters is 1. The maximum absolute atomic E-state index is 14.3. The Bertz CT molecular complexity index is 2130. The Morgan fingerprint density at radius 2 is 1.61 bits per heavy atom. The number of halogens is 9. The summed E-state index contributed by atoms with van der Waals surface area (Å²) in [6, 6.07) is 6.93. The number of methoxy groups -OCH3 is 1. The van der Waals surface area contributed by atoms with Gasteiger partial charge in [0.1, 0.15) is 30.2 Å². The predicted octanol–water partition coefficient (Wildman–Crippen LogP) is 9.89.